The lowest BCUT2D eigenvalue weighted by molar-refractivity contribution is -0.146. The van der Waals surface area contributed by atoms with Crippen molar-refractivity contribution in [3.05, 3.63) is 35.4 Å². The normalized spacial score (nSPS) is 20.5. The lowest BCUT2D eigenvalue weighted by Gasteiger charge is -2.32. The Morgan fingerprint density at radius 2 is 1.75 bits per heavy atom. The van der Waals surface area contributed by atoms with Crippen LogP contribution < -0.4 is 0 Å². The molecular formula is C23H34N2O3. The van der Waals surface area contributed by atoms with Crippen LogP contribution in [0.1, 0.15) is 57.6 Å². The monoisotopic (exact) mass is 386 g/mol. The Bertz CT molecular complexity index is 672. The van der Waals surface area contributed by atoms with Gasteiger partial charge in [0, 0.05) is 26.1 Å². The van der Waals surface area contributed by atoms with Crippen molar-refractivity contribution in [1.29, 1.82) is 0 Å². The van der Waals surface area contributed by atoms with Crippen molar-refractivity contribution in [3.8, 4) is 0 Å². The Morgan fingerprint density at radius 1 is 1.07 bits per heavy atom. The van der Waals surface area contributed by atoms with Gasteiger partial charge in [-0.25, -0.2) is 0 Å². The van der Waals surface area contributed by atoms with E-state index in [1.54, 1.807) is 0 Å². The Morgan fingerprint density at radius 3 is 2.39 bits per heavy atom. The van der Waals surface area contributed by atoms with Crippen molar-refractivity contribution >= 4 is 11.8 Å². The minimum absolute atomic E-state index is 0.104. The largest absolute Gasteiger partial charge is 0.378 e. The maximum atomic E-state index is 12.8. The third-order valence-electron chi connectivity index (χ3n) is 5.86. The van der Waals surface area contributed by atoms with Gasteiger partial charge in [-0.15, -0.1) is 0 Å². The average molecular weight is 387 g/mol. The number of carbonyl (C=O) groups is 2. The van der Waals surface area contributed by atoms with Crippen LogP contribution in [0.25, 0.3) is 0 Å². The highest BCUT2D eigenvalue weighted by atomic mass is 16.5. The summed E-state index contributed by atoms with van der Waals surface area (Å²) in [5.41, 5.74) is 2.75. The first-order valence-electron chi connectivity index (χ1n) is 10.6. The van der Waals surface area contributed by atoms with E-state index in [0.29, 0.717) is 39.3 Å². The zero-order valence-electron chi connectivity index (χ0n) is 17.6. The predicted molar refractivity (Wildman–Crippen MR) is 110 cm³/mol. The van der Waals surface area contributed by atoms with E-state index in [4.69, 9.17) is 4.74 Å². The molecule has 154 valence electrons. The third-order valence-corrected chi connectivity index (χ3v) is 5.86. The number of benzene rings is 1. The van der Waals surface area contributed by atoms with Gasteiger partial charge in [-0.3, -0.25) is 9.59 Å². The summed E-state index contributed by atoms with van der Waals surface area (Å²) in [5, 5.41) is 0. The molecule has 0 radical (unpaired) electrons. The predicted octanol–water partition coefficient (Wildman–Crippen LogP) is 3.16. The summed E-state index contributed by atoms with van der Waals surface area (Å²) in [4.78, 5) is 29.2. The van der Waals surface area contributed by atoms with Gasteiger partial charge in [-0.1, -0.05) is 45.0 Å². The van der Waals surface area contributed by atoms with Crippen molar-refractivity contribution < 1.29 is 14.3 Å². The van der Waals surface area contributed by atoms with Gasteiger partial charge in [0.2, 0.25) is 11.8 Å². The zero-order valence-corrected chi connectivity index (χ0v) is 17.6. The van der Waals surface area contributed by atoms with Gasteiger partial charge in [0.15, 0.2) is 0 Å². The second kappa shape index (κ2) is 9.08. The number of amides is 2. The number of rotatable bonds is 5. The quantitative estimate of drug-likeness (QED) is 0.781. The van der Waals surface area contributed by atoms with Crippen LogP contribution in [-0.2, 0) is 26.2 Å². The highest BCUT2D eigenvalue weighted by Gasteiger charge is 2.36. The Kier molecular flexibility index (Phi) is 6.76. The molecule has 0 bridgehead atoms. The minimum atomic E-state index is -0.267. The summed E-state index contributed by atoms with van der Waals surface area (Å²) >= 11 is 0. The van der Waals surface area contributed by atoms with Crippen LogP contribution in [0.4, 0.5) is 0 Å². The molecule has 0 spiro atoms. The molecule has 2 saturated heterocycles. The molecule has 2 heterocycles. The van der Waals surface area contributed by atoms with Crippen LogP contribution in [0.15, 0.2) is 24.3 Å². The zero-order chi connectivity index (χ0) is 20.1. The molecule has 0 N–H and O–H groups in total. The van der Waals surface area contributed by atoms with E-state index in [2.05, 4.69) is 45.0 Å². The van der Waals surface area contributed by atoms with E-state index < -0.39 is 0 Å². The third kappa shape index (κ3) is 5.13. The fourth-order valence-electron chi connectivity index (χ4n) is 4.08. The van der Waals surface area contributed by atoms with Crippen molar-refractivity contribution in [2.24, 2.45) is 0 Å². The number of ether oxygens (including phenoxy) is 1. The highest BCUT2D eigenvalue weighted by molar-refractivity contribution is 5.88. The van der Waals surface area contributed by atoms with Crippen molar-refractivity contribution in [1.82, 2.24) is 9.80 Å². The first-order valence-corrected chi connectivity index (χ1v) is 10.6. The minimum Gasteiger partial charge on any atom is -0.378 e. The van der Waals surface area contributed by atoms with E-state index in [0.717, 1.165) is 25.7 Å². The SMILES string of the molecule is CC(C)(C)c1ccc(CCCC(=O)N2CCC[C@H]2C(=O)N2CCOCC2)cc1. The first-order chi connectivity index (χ1) is 13.4. The van der Waals surface area contributed by atoms with Crippen LogP contribution in [-0.4, -0.2) is 60.5 Å². The lowest BCUT2D eigenvalue weighted by Crippen LogP contribution is -2.51. The lowest BCUT2D eigenvalue weighted by atomic mass is 9.86. The van der Waals surface area contributed by atoms with Gasteiger partial charge >= 0.3 is 0 Å². The number of likely N-dealkylation sites (tertiary alicyclic amines) is 1. The van der Waals surface area contributed by atoms with Gasteiger partial charge in [0.25, 0.3) is 0 Å². The molecule has 5 nitrogen and oxygen atoms in total. The number of aryl methyl sites for hydroxylation is 1. The van der Waals surface area contributed by atoms with Crippen molar-refractivity contribution in [2.45, 2.75) is 64.3 Å². The molecule has 0 aromatic heterocycles. The molecule has 2 amide bonds. The van der Waals surface area contributed by atoms with Crippen molar-refractivity contribution in [2.75, 3.05) is 32.8 Å². The summed E-state index contributed by atoms with van der Waals surface area (Å²) < 4.78 is 5.33. The van der Waals surface area contributed by atoms with Crippen LogP contribution >= 0.6 is 0 Å². The van der Waals surface area contributed by atoms with Crippen LogP contribution in [0.5, 0.6) is 0 Å². The van der Waals surface area contributed by atoms with Gasteiger partial charge in [0.1, 0.15) is 6.04 Å². The van der Waals surface area contributed by atoms with Crippen LogP contribution in [0, 0.1) is 0 Å². The topological polar surface area (TPSA) is 49.9 Å². The molecule has 2 fully saturated rings. The second-order valence-electron chi connectivity index (χ2n) is 8.98. The van der Waals surface area contributed by atoms with Crippen LogP contribution in [0.3, 0.4) is 0 Å². The molecule has 1 aromatic rings. The molecule has 1 aromatic carbocycles. The second-order valence-corrected chi connectivity index (χ2v) is 8.98. The summed E-state index contributed by atoms with van der Waals surface area (Å²) in [6, 6.07) is 8.46. The van der Waals surface area contributed by atoms with E-state index in [-0.39, 0.29) is 23.3 Å². The average Bonchev–Trinajstić information content (AvgIpc) is 3.17. The summed E-state index contributed by atoms with van der Waals surface area (Å²) in [5.74, 6) is 0.224. The molecular weight excluding hydrogens is 352 g/mol. The smallest absolute Gasteiger partial charge is 0.245 e. The van der Waals surface area contributed by atoms with Gasteiger partial charge in [-0.2, -0.15) is 0 Å². The van der Waals surface area contributed by atoms with Crippen molar-refractivity contribution in [3.63, 3.8) is 0 Å². The molecule has 0 aliphatic carbocycles. The van der Waals surface area contributed by atoms with Crippen LogP contribution in [0.2, 0.25) is 0 Å². The number of hydrogen-bond donors (Lipinski definition) is 0. The number of hydrogen-bond acceptors (Lipinski definition) is 3. The van der Waals surface area contributed by atoms with E-state index in [1.807, 2.05) is 9.80 Å². The summed E-state index contributed by atoms with van der Waals surface area (Å²) in [6.45, 7) is 9.83. The van der Waals surface area contributed by atoms with E-state index in [9.17, 15) is 9.59 Å². The Balaban J connectivity index is 1.49. The molecule has 5 heteroatoms. The van der Waals surface area contributed by atoms with Gasteiger partial charge in [-0.05, 0) is 42.2 Å². The fraction of sp³-hybridized carbons (Fsp3) is 0.652. The Labute approximate surface area is 169 Å². The van der Waals surface area contributed by atoms with Gasteiger partial charge in [0.05, 0.1) is 13.2 Å². The molecule has 1 atom stereocenters. The number of carbonyl (C=O) groups excluding carboxylic acids is 2. The fourth-order valence-corrected chi connectivity index (χ4v) is 4.08. The molecule has 0 unspecified atom stereocenters. The van der Waals surface area contributed by atoms with Gasteiger partial charge < -0.3 is 14.5 Å². The Hall–Kier alpha value is -1.88. The summed E-state index contributed by atoms with van der Waals surface area (Å²) in [7, 11) is 0. The maximum absolute atomic E-state index is 12.8. The highest BCUT2D eigenvalue weighted by Crippen LogP contribution is 2.24. The molecule has 2 aliphatic heterocycles. The molecule has 0 saturated carbocycles. The first kappa shape index (κ1) is 20.8. The standard InChI is InChI=1S/C23H34N2O3/c1-23(2,3)19-11-9-18(10-12-19)6-4-8-21(26)25-13-5-7-20(25)22(27)24-14-16-28-17-15-24/h9-12,20H,4-8,13-17H2,1-3H3/t20-/m0/s1. The molecule has 2 aliphatic rings. The molecule has 28 heavy (non-hydrogen) atoms. The van der Waals surface area contributed by atoms with E-state index >= 15 is 0 Å². The maximum Gasteiger partial charge on any atom is 0.245 e. The number of nitrogens with zero attached hydrogens (tertiary/aromatic N) is 2. The number of morpholine rings is 1. The van der Waals surface area contributed by atoms with E-state index in [1.165, 1.54) is 11.1 Å². The molecule has 3 rings (SSSR count). The summed E-state index contributed by atoms with van der Waals surface area (Å²) in [6.07, 6.45) is 3.93.